The standard InChI is InChI=1S/C34H52O/c1-21(2)24-13-18-34(23(5)35)20-19-32(9)26(29(24)34)11-12-28-31(8)16-14-25(22(3)4)30(6,7)27(31)15-17-33(28,32)10/h14,24,26-29H,1,3,11-13,15-20H2,2,4-10H3/t24-,26+,27-,28+,29+,31-,32+,33+,34+/m0/s1. The third-order valence-corrected chi connectivity index (χ3v) is 13.8. The Morgan fingerprint density at radius 3 is 2.11 bits per heavy atom. The molecule has 0 spiro atoms. The third-order valence-electron chi connectivity index (χ3n) is 13.8. The van der Waals surface area contributed by atoms with Crippen molar-refractivity contribution in [3.63, 3.8) is 0 Å². The molecule has 5 rings (SSSR count). The first-order valence-electron chi connectivity index (χ1n) is 14.7. The second kappa shape index (κ2) is 7.70. The summed E-state index contributed by atoms with van der Waals surface area (Å²) < 4.78 is 0. The van der Waals surface area contributed by atoms with E-state index >= 15 is 0 Å². The predicted octanol–water partition coefficient (Wildman–Crippen LogP) is 9.35. The van der Waals surface area contributed by atoms with E-state index in [0.717, 1.165) is 24.7 Å². The predicted molar refractivity (Wildman–Crippen MR) is 148 cm³/mol. The van der Waals surface area contributed by atoms with Crippen molar-refractivity contribution in [2.24, 2.45) is 56.7 Å². The number of fused-ring (bicyclic) bond motifs is 7. The highest BCUT2D eigenvalue weighted by Gasteiger charge is 2.71. The first kappa shape index (κ1) is 25.5. The van der Waals surface area contributed by atoms with Gasteiger partial charge in [-0.05, 0) is 135 Å². The highest BCUT2D eigenvalue weighted by atomic mass is 16.1. The average Bonchev–Trinajstić information content (AvgIpc) is 3.15. The molecular formula is C34H52O. The molecule has 9 atom stereocenters. The average molecular weight is 477 g/mol. The van der Waals surface area contributed by atoms with Crippen LogP contribution in [-0.4, -0.2) is 5.78 Å². The Bertz CT molecular complexity index is 996. The Labute approximate surface area is 216 Å². The zero-order valence-corrected chi connectivity index (χ0v) is 24.2. The van der Waals surface area contributed by atoms with E-state index in [9.17, 15) is 4.79 Å². The van der Waals surface area contributed by atoms with Crippen molar-refractivity contribution >= 4 is 5.78 Å². The van der Waals surface area contributed by atoms with Crippen molar-refractivity contribution in [2.45, 2.75) is 113 Å². The van der Waals surface area contributed by atoms with Gasteiger partial charge >= 0.3 is 0 Å². The van der Waals surface area contributed by atoms with Crippen molar-refractivity contribution in [3.05, 3.63) is 36.0 Å². The Balaban J connectivity index is 1.57. The molecule has 0 unspecified atom stereocenters. The maximum Gasteiger partial charge on any atom is 0.136 e. The molecule has 1 heteroatoms. The Morgan fingerprint density at radius 2 is 1.51 bits per heavy atom. The van der Waals surface area contributed by atoms with Gasteiger partial charge in [-0.3, -0.25) is 4.79 Å². The summed E-state index contributed by atoms with van der Waals surface area (Å²) in [6, 6.07) is 0. The molecule has 0 bridgehead atoms. The summed E-state index contributed by atoms with van der Waals surface area (Å²) in [6.45, 7) is 28.2. The fourth-order valence-corrected chi connectivity index (χ4v) is 12.1. The van der Waals surface area contributed by atoms with Gasteiger partial charge in [0.05, 0.1) is 0 Å². The van der Waals surface area contributed by atoms with Gasteiger partial charge in [-0.15, -0.1) is 0 Å². The lowest BCUT2D eigenvalue weighted by molar-refractivity contribution is -0.225. The second-order valence-corrected chi connectivity index (χ2v) is 15.2. The minimum atomic E-state index is -0.0793. The third kappa shape index (κ3) is 3.02. The van der Waals surface area contributed by atoms with Crippen molar-refractivity contribution in [3.8, 4) is 0 Å². The van der Waals surface area contributed by atoms with Gasteiger partial charge in [-0.25, -0.2) is 0 Å². The maximum absolute atomic E-state index is 13.3. The Morgan fingerprint density at radius 1 is 0.829 bits per heavy atom. The fourth-order valence-electron chi connectivity index (χ4n) is 12.1. The molecule has 4 fully saturated rings. The lowest BCUT2D eigenvalue weighted by Gasteiger charge is -2.72. The van der Waals surface area contributed by atoms with Crippen LogP contribution in [0.4, 0.5) is 0 Å². The van der Waals surface area contributed by atoms with Crippen LogP contribution < -0.4 is 0 Å². The molecule has 0 aliphatic heterocycles. The number of carbonyl (C=O) groups excluding carboxylic acids is 1. The van der Waals surface area contributed by atoms with E-state index in [4.69, 9.17) is 0 Å². The van der Waals surface area contributed by atoms with E-state index in [1.165, 1.54) is 61.7 Å². The monoisotopic (exact) mass is 476 g/mol. The molecule has 0 radical (unpaired) electrons. The molecule has 0 N–H and O–H groups in total. The smallest absolute Gasteiger partial charge is 0.136 e. The van der Waals surface area contributed by atoms with Gasteiger partial charge in [0.2, 0.25) is 0 Å². The number of hydrogen-bond donors (Lipinski definition) is 0. The van der Waals surface area contributed by atoms with Gasteiger partial charge < -0.3 is 0 Å². The van der Waals surface area contributed by atoms with Crippen LogP contribution in [0, 0.1) is 56.7 Å². The highest BCUT2D eigenvalue weighted by molar-refractivity contribution is 5.83. The van der Waals surface area contributed by atoms with Gasteiger partial charge in [-0.1, -0.05) is 65.0 Å². The molecule has 1 nitrogen and oxygen atoms in total. The minimum Gasteiger partial charge on any atom is -0.299 e. The van der Waals surface area contributed by atoms with Crippen LogP contribution in [0.15, 0.2) is 36.0 Å². The Hall–Kier alpha value is -1.11. The molecule has 0 heterocycles. The molecule has 35 heavy (non-hydrogen) atoms. The van der Waals surface area contributed by atoms with Gasteiger partial charge in [0.25, 0.3) is 0 Å². The number of hydrogen-bond acceptors (Lipinski definition) is 1. The van der Waals surface area contributed by atoms with E-state index in [1.54, 1.807) is 0 Å². The topological polar surface area (TPSA) is 17.1 Å². The molecule has 5 aliphatic carbocycles. The van der Waals surface area contributed by atoms with Crippen molar-refractivity contribution < 1.29 is 4.79 Å². The zero-order valence-electron chi connectivity index (χ0n) is 24.2. The molecule has 194 valence electrons. The largest absolute Gasteiger partial charge is 0.299 e. The summed E-state index contributed by atoms with van der Waals surface area (Å²) in [6.07, 6.45) is 13.7. The lowest BCUT2D eigenvalue weighted by Crippen LogP contribution is -2.65. The Kier molecular flexibility index (Phi) is 5.62. The van der Waals surface area contributed by atoms with Crippen molar-refractivity contribution in [1.82, 2.24) is 0 Å². The summed E-state index contributed by atoms with van der Waals surface area (Å²) in [5.74, 6) is 3.65. The maximum atomic E-state index is 13.3. The summed E-state index contributed by atoms with van der Waals surface area (Å²) in [5, 5.41) is 0. The molecular weight excluding hydrogens is 424 g/mol. The molecule has 5 aliphatic rings. The highest BCUT2D eigenvalue weighted by Crippen LogP contribution is 2.77. The minimum absolute atomic E-state index is 0.0793. The van der Waals surface area contributed by atoms with Crippen LogP contribution in [0.5, 0.6) is 0 Å². The number of rotatable bonds is 3. The van der Waals surface area contributed by atoms with Gasteiger partial charge in [0.15, 0.2) is 0 Å². The van der Waals surface area contributed by atoms with E-state index < -0.39 is 0 Å². The van der Waals surface area contributed by atoms with Crippen LogP contribution in [0.1, 0.15) is 113 Å². The van der Waals surface area contributed by atoms with Crippen LogP contribution in [0.3, 0.4) is 0 Å². The molecule has 0 aromatic rings. The van der Waals surface area contributed by atoms with Gasteiger partial charge in [0.1, 0.15) is 5.78 Å². The molecule has 0 saturated heterocycles. The molecule has 4 saturated carbocycles. The first-order chi connectivity index (χ1) is 16.2. The van der Waals surface area contributed by atoms with Crippen LogP contribution in [-0.2, 0) is 4.79 Å². The number of Topliss-reactive ketones (excluding diaryl/α,β-unsaturated/α-hetero) is 1. The van der Waals surface area contributed by atoms with Gasteiger partial charge in [0, 0.05) is 5.41 Å². The van der Waals surface area contributed by atoms with Crippen LogP contribution >= 0.6 is 0 Å². The SMILES string of the molecule is C=C(C)C1=CC[C@]2(C)[C@H]3CC[C@@H]4[C@H]5[C@H](C(=C)C)CC[C@]5(C(C)=O)CC[C@@]4(C)[C@]3(C)CC[C@H]2C1(C)C. The van der Waals surface area contributed by atoms with Crippen LogP contribution in [0.2, 0.25) is 0 Å². The van der Waals surface area contributed by atoms with Crippen molar-refractivity contribution in [2.75, 3.05) is 0 Å². The van der Waals surface area contributed by atoms with Gasteiger partial charge in [-0.2, -0.15) is 0 Å². The number of carbonyl (C=O) groups is 1. The van der Waals surface area contributed by atoms with E-state index in [2.05, 4.69) is 67.7 Å². The molecule has 0 aromatic heterocycles. The second-order valence-electron chi connectivity index (χ2n) is 15.2. The first-order valence-corrected chi connectivity index (χ1v) is 14.7. The summed E-state index contributed by atoms with van der Waals surface area (Å²) >= 11 is 0. The lowest BCUT2D eigenvalue weighted by atomic mass is 9.32. The van der Waals surface area contributed by atoms with E-state index in [1.807, 2.05) is 6.92 Å². The van der Waals surface area contributed by atoms with E-state index in [0.29, 0.717) is 39.8 Å². The van der Waals surface area contributed by atoms with E-state index in [-0.39, 0.29) is 10.8 Å². The van der Waals surface area contributed by atoms with Crippen molar-refractivity contribution in [1.29, 1.82) is 0 Å². The fraction of sp³-hybridized carbons (Fsp3) is 0.794. The molecule has 0 aromatic carbocycles. The normalized spacial score (nSPS) is 50.2. The quantitative estimate of drug-likeness (QED) is 0.371. The number of allylic oxidation sites excluding steroid dienone is 4. The summed E-state index contributed by atoms with van der Waals surface area (Å²) in [4.78, 5) is 13.3. The van der Waals surface area contributed by atoms with Crippen LogP contribution in [0.25, 0.3) is 0 Å². The number of ketones is 1. The zero-order chi connectivity index (χ0) is 25.8. The summed E-state index contributed by atoms with van der Waals surface area (Å²) in [7, 11) is 0. The molecule has 0 amide bonds. The summed E-state index contributed by atoms with van der Waals surface area (Å²) in [5.41, 5.74) is 5.24.